The third-order valence-electron chi connectivity index (χ3n) is 5.01. The Morgan fingerprint density at radius 1 is 1.26 bits per heavy atom. The maximum atomic E-state index is 6.43. The van der Waals surface area contributed by atoms with Crippen LogP contribution < -0.4 is 10.1 Å². The van der Waals surface area contributed by atoms with Gasteiger partial charge in [0.15, 0.2) is 0 Å². The zero-order valence-electron chi connectivity index (χ0n) is 14.3. The van der Waals surface area contributed by atoms with Crippen molar-refractivity contribution in [1.82, 2.24) is 10.3 Å². The number of ether oxygens (including phenoxy) is 1. The Bertz CT molecular complexity index is 650. The van der Waals surface area contributed by atoms with E-state index in [1.54, 1.807) is 0 Å². The Morgan fingerprint density at radius 2 is 2.09 bits per heavy atom. The first-order valence-corrected chi connectivity index (χ1v) is 8.57. The van der Waals surface area contributed by atoms with Crippen molar-refractivity contribution < 1.29 is 4.74 Å². The molecular formula is C20H26N2O. The molecule has 2 heterocycles. The van der Waals surface area contributed by atoms with Crippen LogP contribution in [-0.2, 0) is 6.54 Å². The second kappa shape index (κ2) is 6.71. The van der Waals surface area contributed by atoms with Crippen LogP contribution in [0.3, 0.4) is 0 Å². The monoisotopic (exact) mass is 310 g/mol. The zero-order chi connectivity index (χ0) is 16.3. The van der Waals surface area contributed by atoms with Gasteiger partial charge in [0.1, 0.15) is 11.4 Å². The van der Waals surface area contributed by atoms with Crippen molar-refractivity contribution in [1.29, 1.82) is 0 Å². The molecular weight excluding hydrogens is 284 g/mol. The molecule has 3 nitrogen and oxygen atoms in total. The first-order valence-electron chi connectivity index (χ1n) is 8.57. The maximum Gasteiger partial charge on any atom is 0.125 e. The molecule has 0 spiro atoms. The smallest absolute Gasteiger partial charge is 0.125 e. The van der Waals surface area contributed by atoms with Crippen LogP contribution in [0.5, 0.6) is 5.75 Å². The average molecular weight is 310 g/mol. The molecule has 1 aliphatic rings. The molecule has 1 aromatic heterocycles. The van der Waals surface area contributed by atoms with E-state index in [0.717, 1.165) is 31.6 Å². The molecule has 1 aromatic carbocycles. The Hall–Kier alpha value is -1.87. The number of nitrogens with zero attached hydrogens (tertiary/aromatic N) is 1. The summed E-state index contributed by atoms with van der Waals surface area (Å²) in [5.74, 6) is 1.05. The lowest BCUT2D eigenvalue weighted by molar-refractivity contribution is 0.0224. The first kappa shape index (κ1) is 16.0. The van der Waals surface area contributed by atoms with Gasteiger partial charge in [0, 0.05) is 37.0 Å². The van der Waals surface area contributed by atoms with Crippen LogP contribution in [-0.4, -0.2) is 10.6 Å². The lowest BCUT2D eigenvalue weighted by atomic mass is 9.83. The number of benzene rings is 1. The number of aryl methyl sites for hydroxylation is 1. The van der Waals surface area contributed by atoms with Crippen LogP contribution in [0.25, 0.3) is 0 Å². The summed E-state index contributed by atoms with van der Waals surface area (Å²) < 4.78 is 6.43. The van der Waals surface area contributed by atoms with Gasteiger partial charge < -0.3 is 10.1 Å². The standard InChI is InChI=1S/C20H26N2O/c1-4-20(5-2)12-18(22-14-16-7-6-10-21-13-16)17-9-8-15(3)11-19(17)23-20/h6-11,13,18,22H,4-5,12,14H2,1-3H3. The van der Waals surface area contributed by atoms with Crippen molar-refractivity contribution in [3.05, 3.63) is 59.4 Å². The number of rotatable bonds is 5. The summed E-state index contributed by atoms with van der Waals surface area (Å²) in [6.07, 6.45) is 6.81. The molecule has 1 atom stereocenters. The number of fused-ring (bicyclic) bond motifs is 1. The van der Waals surface area contributed by atoms with E-state index in [1.165, 1.54) is 16.7 Å². The molecule has 1 unspecified atom stereocenters. The highest BCUT2D eigenvalue weighted by Crippen LogP contribution is 2.43. The molecule has 0 bridgehead atoms. The summed E-state index contributed by atoms with van der Waals surface area (Å²) in [5, 5.41) is 3.72. The van der Waals surface area contributed by atoms with Gasteiger partial charge in [-0.3, -0.25) is 4.98 Å². The van der Waals surface area contributed by atoms with Gasteiger partial charge in [0.05, 0.1) is 0 Å². The third-order valence-corrected chi connectivity index (χ3v) is 5.01. The molecule has 1 N–H and O–H groups in total. The minimum atomic E-state index is -0.0621. The lowest BCUT2D eigenvalue weighted by Crippen LogP contribution is -2.43. The van der Waals surface area contributed by atoms with Crippen molar-refractivity contribution in [2.45, 2.75) is 58.2 Å². The van der Waals surface area contributed by atoms with Crippen LogP contribution in [0.4, 0.5) is 0 Å². The summed E-state index contributed by atoms with van der Waals surface area (Å²) in [6, 6.07) is 11.0. The molecule has 0 aliphatic carbocycles. The van der Waals surface area contributed by atoms with Gasteiger partial charge in [-0.1, -0.05) is 32.0 Å². The van der Waals surface area contributed by atoms with Crippen molar-refractivity contribution in [3.63, 3.8) is 0 Å². The molecule has 3 heteroatoms. The van der Waals surface area contributed by atoms with Crippen LogP contribution in [0, 0.1) is 6.92 Å². The fraction of sp³-hybridized carbons (Fsp3) is 0.450. The fourth-order valence-corrected chi connectivity index (χ4v) is 3.38. The predicted molar refractivity (Wildman–Crippen MR) is 93.6 cm³/mol. The largest absolute Gasteiger partial charge is 0.487 e. The molecule has 3 rings (SSSR count). The number of nitrogens with one attached hydrogen (secondary N) is 1. The number of pyridine rings is 1. The summed E-state index contributed by atoms with van der Waals surface area (Å²) in [7, 11) is 0. The van der Waals surface area contributed by atoms with E-state index in [9.17, 15) is 0 Å². The number of hydrogen-bond acceptors (Lipinski definition) is 3. The van der Waals surface area contributed by atoms with Crippen LogP contribution in [0.1, 0.15) is 55.8 Å². The quantitative estimate of drug-likeness (QED) is 0.879. The van der Waals surface area contributed by atoms with Crippen molar-refractivity contribution >= 4 is 0 Å². The average Bonchev–Trinajstić information content (AvgIpc) is 2.60. The molecule has 2 aromatic rings. The SMILES string of the molecule is CCC1(CC)CC(NCc2cccnc2)c2ccc(C)cc2O1. The highest BCUT2D eigenvalue weighted by molar-refractivity contribution is 5.42. The highest BCUT2D eigenvalue weighted by Gasteiger charge is 2.38. The summed E-state index contributed by atoms with van der Waals surface area (Å²) in [4.78, 5) is 4.20. The van der Waals surface area contributed by atoms with Gasteiger partial charge in [0.2, 0.25) is 0 Å². The van der Waals surface area contributed by atoms with Crippen molar-refractivity contribution in [3.8, 4) is 5.75 Å². The van der Waals surface area contributed by atoms with Crippen molar-refractivity contribution in [2.24, 2.45) is 0 Å². The Labute approximate surface area is 139 Å². The van der Waals surface area contributed by atoms with Crippen molar-refractivity contribution in [2.75, 3.05) is 0 Å². The van der Waals surface area contributed by atoms with E-state index < -0.39 is 0 Å². The van der Waals surface area contributed by atoms with E-state index in [2.05, 4.69) is 55.3 Å². The van der Waals surface area contributed by atoms with Gasteiger partial charge in [-0.15, -0.1) is 0 Å². The van der Waals surface area contributed by atoms with Gasteiger partial charge in [-0.05, 0) is 43.0 Å². The summed E-state index contributed by atoms with van der Waals surface area (Å²) in [6.45, 7) is 7.40. The molecule has 0 radical (unpaired) electrons. The molecule has 0 saturated carbocycles. The van der Waals surface area contributed by atoms with Crippen LogP contribution >= 0.6 is 0 Å². The molecule has 122 valence electrons. The van der Waals surface area contributed by atoms with E-state index in [0.29, 0.717) is 6.04 Å². The molecule has 0 amide bonds. The summed E-state index contributed by atoms with van der Waals surface area (Å²) >= 11 is 0. The first-order chi connectivity index (χ1) is 11.2. The van der Waals surface area contributed by atoms with Gasteiger partial charge in [0.25, 0.3) is 0 Å². The number of hydrogen-bond donors (Lipinski definition) is 1. The Kier molecular flexibility index (Phi) is 4.67. The minimum Gasteiger partial charge on any atom is -0.487 e. The second-order valence-electron chi connectivity index (χ2n) is 6.53. The van der Waals surface area contributed by atoms with Gasteiger partial charge in [-0.25, -0.2) is 0 Å². The molecule has 23 heavy (non-hydrogen) atoms. The minimum absolute atomic E-state index is 0.0621. The van der Waals surface area contributed by atoms with E-state index in [4.69, 9.17) is 4.74 Å². The van der Waals surface area contributed by atoms with Crippen LogP contribution in [0.15, 0.2) is 42.7 Å². The predicted octanol–water partition coefficient (Wildman–Crippen LogP) is 4.56. The molecule has 0 saturated heterocycles. The van der Waals surface area contributed by atoms with Crippen LogP contribution in [0.2, 0.25) is 0 Å². The highest BCUT2D eigenvalue weighted by atomic mass is 16.5. The second-order valence-corrected chi connectivity index (χ2v) is 6.53. The Balaban J connectivity index is 1.86. The molecule has 1 aliphatic heterocycles. The van der Waals surface area contributed by atoms with Gasteiger partial charge in [-0.2, -0.15) is 0 Å². The zero-order valence-corrected chi connectivity index (χ0v) is 14.3. The normalized spacial score (nSPS) is 19.0. The topological polar surface area (TPSA) is 34.2 Å². The lowest BCUT2D eigenvalue weighted by Gasteiger charge is -2.42. The maximum absolute atomic E-state index is 6.43. The third kappa shape index (κ3) is 3.40. The number of aromatic nitrogens is 1. The fourth-order valence-electron chi connectivity index (χ4n) is 3.38. The molecule has 0 fully saturated rings. The summed E-state index contributed by atoms with van der Waals surface area (Å²) in [5.41, 5.74) is 3.67. The Morgan fingerprint density at radius 3 is 2.78 bits per heavy atom. The van der Waals surface area contributed by atoms with Gasteiger partial charge >= 0.3 is 0 Å². The van der Waals surface area contributed by atoms with E-state index in [1.807, 2.05) is 18.5 Å². The van der Waals surface area contributed by atoms with E-state index in [-0.39, 0.29) is 5.60 Å². The van der Waals surface area contributed by atoms with E-state index >= 15 is 0 Å².